The van der Waals surface area contributed by atoms with Crippen LogP contribution in [0.15, 0.2) is 58.4 Å². The maximum absolute atomic E-state index is 12.9. The van der Waals surface area contributed by atoms with Crippen molar-refractivity contribution < 1.29 is 4.52 Å². The van der Waals surface area contributed by atoms with Crippen LogP contribution in [0.4, 0.5) is 0 Å². The zero-order valence-corrected chi connectivity index (χ0v) is 14.1. The van der Waals surface area contributed by atoms with Crippen molar-refractivity contribution in [1.82, 2.24) is 24.3 Å². The van der Waals surface area contributed by atoms with Crippen LogP contribution in [0.1, 0.15) is 18.7 Å². The molecule has 7 heteroatoms. The Morgan fingerprint density at radius 3 is 2.77 bits per heavy atom. The predicted molar refractivity (Wildman–Crippen MR) is 95.6 cm³/mol. The van der Waals surface area contributed by atoms with Crippen LogP contribution in [0.3, 0.4) is 0 Å². The molecule has 0 atom stereocenters. The van der Waals surface area contributed by atoms with E-state index in [1.54, 1.807) is 23.2 Å². The number of pyridine rings is 2. The van der Waals surface area contributed by atoms with Crippen LogP contribution in [0.5, 0.6) is 0 Å². The van der Waals surface area contributed by atoms with Crippen LogP contribution in [0.2, 0.25) is 0 Å². The van der Waals surface area contributed by atoms with Crippen LogP contribution < -0.4 is 5.56 Å². The summed E-state index contributed by atoms with van der Waals surface area (Å²) in [5, 5.41) is 4.95. The molecular weight excluding hydrogens is 330 g/mol. The highest BCUT2D eigenvalue weighted by Crippen LogP contribution is 2.31. The summed E-state index contributed by atoms with van der Waals surface area (Å²) >= 11 is 0. The SMILES string of the molecule is O=c1c2c(ccn1Cc1nc(-c3cccnc3)no1)ccn2CC1CC1. The third-order valence-electron chi connectivity index (χ3n) is 4.74. The second-order valence-corrected chi connectivity index (χ2v) is 6.72. The average molecular weight is 347 g/mol. The molecule has 0 bridgehead atoms. The van der Waals surface area contributed by atoms with Crippen molar-refractivity contribution in [3.8, 4) is 11.4 Å². The molecule has 0 radical (unpaired) electrons. The van der Waals surface area contributed by atoms with Crippen LogP contribution in [-0.2, 0) is 13.1 Å². The molecule has 1 aliphatic carbocycles. The minimum atomic E-state index is -0.0331. The summed E-state index contributed by atoms with van der Waals surface area (Å²) < 4.78 is 9.01. The summed E-state index contributed by atoms with van der Waals surface area (Å²) in [7, 11) is 0. The Morgan fingerprint density at radius 1 is 1.15 bits per heavy atom. The van der Waals surface area contributed by atoms with Crippen molar-refractivity contribution in [2.45, 2.75) is 25.9 Å². The molecule has 0 spiro atoms. The van der Waals surface area contributed by atoms with Gasteiger partial charge >= 0.3 is 0 Å². The molecular formula is C19H17N5O2. The minimum Gasteiger partial charge on any atom is -0.343 e. The Hall–Kier alpha value is -3.22. The zero-order chi connectivity index (χ0) is 17.5. The minimum absolute atomic E-state index is 0.0331. The molecule has 130 valence electrons. The second kappa shape index (κ2) is 5.94. The third-order valence-corrected chi connectivity index (χ3v) is 4.74. The Kier molecular flexibility index (Phi) is 3.44. The van der Waals surface area contributed by atoms with Gasteiger partial charge in [-0.25, -0.2) is 0 Å². The second-order valence-electron chi connectivity index (χ2n) is 6.72. The Bertz CT molecular complexity index is 1120. The van der Waals surface area contributed by atoms with E-state index in [2.05, 4.69) is 19.7 Å². The molecule has 0 amide bonds. The van der Waals surface area contributed by atoms with Crippen LogP contribution in [0, 0.1) is 5.92 Å². The van der Waals surface area contributed by atoms with E-state index in [-0.39, 0.29) is 12.1 Å². The highest BCUT2D eigenvalue weighted by Gasteiger charge is 2.23. The van der Waals surface area contributed by atoms with Crippen molar-refractivity contribution in [1.29, 1.82) is 0 Å². The average Bonchev–Trinajstić information content (AvgIpc) is 3.20. The van der Waals surface area contributed by atoms with Crippen molar-refractivity contribution in [2.75, 3.05) is 0 Å². The van der Waals surface area contributed by atoms with E-state index in [1.807, 2.05) is 30.5 Å². The van der Waals surface area contributed by atoms with Gasteiger partial charge in [-0.1, -0.05) is 5.16 Å². The van der Waals surface area contributed by atoms with E-state index in [4.69, 9.17) is 4.52 Å². The maximum Gasteiger partial charge on any atom is 0.275 e. The fraction of sp³-hybridized carbons (Fsp3) is 0.263. The molecule has 4 heterocycles. The van der Waals surface area contributed by atoms with Gasteiger partial charge in [0, 0.05) is 42.3 Å². The zero-order valence-electron chi connectivity index (χ0n) is 14.1. The van der Waals surface area contributed by atoms with Gasteiger partial charge in [0.2, 0.25) is 11.7 Å². The molecule has 0 aromatic carbocycles. The quantitative estimate of drug-likeness (QED) is 0.555. The standard InChI is InChI=1S/C19H17N5O2/c25-19-17-14(5-8-23(17)11-13-3-4-13)6-9-24(19)12-16-21-18(22-26-16)15-2-1-7-20-10-15/h1-2,5-10,13H,3-4,11-12H2. The number of hydrogen-bond donors (Lipinski definition) is 0. The molecule has 1 fully saturated rings. The van der Waals surface area contributed by atoms with Gasteiger partial charge in [-0.2, -0.15) is 4.98 Å². The number of aromatic nitrogens is 5. The lowest BCUT2D eigenvalue weighted by Gasteiger charge is -2.06. The van der Waals surface area contributed by atoms with E-state index in [1.165, 1.54) is 12.8 Å². The largest absolute Gasteiger partial charge is 0.343 e. The normalized spacial score (nSPS) is 14.2. The molecule has 26 heavy (non-hydrogen) atoms. The third kappa shape index (κ3) is 2.71. The summed E-state index contributed by atoms with van der Waals surface area (Å²) in [4.78, 5) is 21.4. The molecule has 0 saturated heterocycles. The first kappa shape index (κ1) is 15.1. The Morgan fingerprint density at radius 2 is 2.00 bits per heavy atom. The molecule has 0 aliphatic heterocycles. The summed E-state index contributed by atoms with van der Waals surface area (Å²) in [5.41, 5.74) is 1.49. The lowest BCUT2D eigenvalue weighted by Crippen LogP contribution is -2.22. The molecule has 7 nitrogen and oxygen atoms in total. The summed E-state index contributed by atoms with van der Waals surface area (Å²) in [6, 6.07) is 7.64. The van der Waals surface area contributed by atoms with Crippen molar-refractivity contribution in [3.63, 3.8) is 0 Å². The lowest BCUT2D eigenvalue weighted by atomic mass is 10.3. The molecule has 1 aliphatic rings. The molecule has 1 saturated carbocycles. The molecule has 5 rings (SSSR count). The van der Waals surface area contributed by atoms with Gasteiger partial charge in [0.05, 0.1) is 0 Å². The van der Waals surface area contributed by atoms with E-state index in [0.717, 1.165) is 23.0 Å². The highest BCUT2D eigenvalue weighted by atomic mass is 16.5. The first-order valence-corrected chi connectivity index (χ1v) is 8.69. The topological polar surface area (TPSA) is 78.7 Å². The molecule has 0 N–H and O–H groups in total. The van der Waals surface area contributed by atoms with Crippen LogP contribution >= 0.6 is 0 Å². The van der Waals surface area contributed by atoms with E-state index in [9.17, 15) is 4.79 Å². The monoisotopic (exact) mass is 347 g/mol. The number of nitrogens with zero attached hydrogens (tertiary/aromatic N) is 5. The van der Waals surface area contributed by atoms with E-state index >= 15 is 0 Å². The van der Waals surface area contributed by atoms with Crippen molar-refractivity contribution >= 4 is 10.9 Å². The van der Waals surface area contributed by atoms with Gasteiger partial charge < -0.3 is 13.7 Å². The fourth-order valence-electron chi connectivity index (χ4n) is 3.18. The maximum atomic E-state index is 12.9. The Labute approximate surface area is 148 Å². The van der Waals surface area contributed by atoms with Gasteiger partial charge in [-0.05, 0) is 43.0 Å². The summed E-state index contributed by atoms with van der Waals surface area (Å²) in [5.74, 6) is 1.57. The molecule has 4 aromatic heterocycles. The predicted octanol–water partition coefficient (Wildman–Crippen LogP) is 2.71. The molecule has 4 aromatic rings. The number of fused-ring (bicyclic) bond motifs is 1. The van der Waals surface area contributed by atoms with Gasteiger partial charge in [0.25, 0.3) is 5.56 Å². The van der Waals surface area contributed by atoms with E-state index in [0.29, 0.717) is 17.6 Å². The lowest BCUT2D eigenvalue weighted by molar-refractivity contribution is 0.370. The van der Waals surface area contributed by atoms with Crippen molar-refractivity contribution in [3.05, 3.63) is 65.3 Å². The van der Waals surface area contributed by atoms with E-state index < -0.39 is 0 Å². The van der Waals surface area contributed by atoms with Gasteiger partial charge in [-0.3, -0.25) is 9.78 Å². The number of hydrogen-bond acceptors (Lipinski definition) is 5. The van der Waals surface area contributed by atoms with Crippen LogP contribution in [-0.4, -0.2) is 24.3 Å². The van der Waals surface area contributed by atoms with Crippen LogP contribution in [0.25, 0.3) is 22.3 Å². The first-order chi connectivity index (χ1) is 12.8. The van der Waals surface area contributed by atoms with Gasteiger partial charge in [-0.15, -0.1) is 0 Å². The molecule has 0 unspecified atom stereocenters. The van der Waals surface area contributed by atoms with Gasteiger partial charge in [0.1, 0.15) is 12.1 Å². The van der Waals surface area contributed by atoms with Gasteiger partial charge in [0.15, 0.2) is 0 Å². The smallest absolute Gasteiger partial charge is 0.275 e. The first-order valence-electron chi connectivity index (χ1n) is 8.69. The highest BCUT2D eigenvalue weighted by molar-refractivity contribution is 5.78. The van der Waals surface area contributed by atoms with Crippen molar-refractivity contribution in [2.24, 2.45) is 5.92 Å². The number of rotatable bonds is 5. The summed E-state index contributed by atoms with van der Waals surface area (Å²) in [6.07, 6.45) is 9.65. The fourth-order valence-corrected chi connectivity index (χ4v) is 3.18. The summed E-state index contributed by atoms with van der Waals surface area (Å²) in [6.45, 7) is 1.16. The Balaban J connectivity index is 1.47.